The van der Waals surface area contributed by atoms with Crippen LogP contribution in [-0.2, 0) is 22.5 Å². The number of hydrogen-bond acceptors (Lipinski definition) is 4. The maximum Gasteiger partial charge on any atom is 0.195 e. The molecule has 0 amide bonds. The summed E-state index contributed by atoms with van der Waals surface area (Å²) >= 11 is 0. The highest BCUT2D eigenvalue weighted by Crippen LogP contribution is 2.23. The number of carbonyl (C=O) groups excluding carboxylic acids is 1. The van der Waals surface area contributed by atoms with E-state index in [1.807, 2.05) is 13.1 Å². The van der Waals surface area contributed by atoms with Gasteiger partial charge in [-0.05, 0) is 25.1 Å². The first kappa shape index (κ1) is 18.1. The van der Waals surface area contributed by atoms with Gasteiger partial charge in [-0.2, -0.15) is 0 Å². The minimum Gasteiger partial charge on any atom is -0.411 e. The maximum atomic E-state index is 11.6. The van der Waals surface area contributed by atoms with Crippen molar-refractivity contribution in [1.29, 1.82) is 0 Å². The van der Waals surface area contributed by atoms with Crippen molar-refractivity contribution in [1.82, 2.24) is 9.55 Å². The van der Waals surface area contributed by atoms with Crippen molar-refractivity contribution >= 4 is 14.1 Å². The first-order valence-corrected chi connectivity index (χ1v) is 10.3. The monoisotopic (exact) mass is 312 g/mol. The Balaban J connectivity index is 2.82. The fraction of sp³-hybridized carbons (Fsp3) is 0.733. The van der Waals surface area contributed by atoms with Crippen molar-refractivity contribution in [2.24, 2.45) is 0 Å². The van der Waals surface area contributed by atoms with Crippen molar-refractivity contribution < 1.29 is 14.0 Å². The van der Waals surface area contributed by atoms with E-state index in [0.717, 1.165) is 23.8 Å². The van der Waals surface area contributed by atoms with Crippen molar-refractivity contribution in [2.75, 3.05) is 6.61 Å². The predicted octanol–water partition coefficient (Wildman–Crippen LogP) is 3.60. The molecule has 0 aliphatic rings. The maximum absolute atomic E-state index is 11.6. The molecule has 120 valence electrons. The van der Waals surface area contributed by atoms with Crippen LogP contribution in [0.1, 0.15) is 50.9 Å². The zero-order valence-electron chi connectivity index (χ0n) is 13.9. The average molecular weight is 312 g/mol. The minimum atomic E-state index is -1.63. The van der Waals surface area contributed by atoms with E-state index in [0.29, 0.717) is 25.8 Å². The van der Waals surface area contributed by atoms with Gasteiger partial charge in [0.1, 0.15) is 6.73 Å². The van der Waals surface area contributed by atoms with Crippen LogP contribution in [0, 0.1) is 0 Å². The predicted molar refractivity (Wildman–Crippen MR) is 85.8 cm³/mol. The first-order chi connectivity index (χ1) is 10.0. The van der Waals surface area contributed by atoms with Crippen molar-refractivity contribution in [3.8, 4) is 0 Å². The first-order valence-electron chi connectivity index (χ1n) is 7.80. The third-order valence-corrected chi connectivity index (χ3v) is 8.66. The summed E-state index contributed by atoms with van der Waals surface area (Å²) in [5.41, 5.74) is 0.812. The molecule has 0 unspecified atom stereocenters. The molecule has 1 aromatic rings. The van der Waals surface area contributed by atoms with Gasteiger partial charge in [0.25, 0.3) is 0 Å². The van der Waals surface area contributed by atoms with Gasteiger partial charge in [-0.15, -0.1) is 0 Å². The third kappa shape index (κ3) is 4.76. The molecule has 0 aromatic carbocycles. The quantitative estimate of drug-likeness (QED) is 0.489. The molecule has 0 aliphatic heterocycles. The Kier molecular flexibility index (Phi) is 7.28. The molecule has 0 N–H and O–H groups in total. The topological polar surface area (TPSA) is 53.4 Å². The molecular weight excluding hydrogens is 284 g/mol. The van der Waals surface area contributed by atoms with Crippen molar-refractivity contribution in [3.63, 3.8) is 0 Å². The Hall–Kier alpha value is -0.983. The van der Waals surface area contributed by atoms with E-state index in [1.165, 1.54) is 6.92 Å². The number of aromatic nitrogens is 2. The van der Waals surface area contributed by atoms with E-state index in [-0.39, 0.29) is 5.78 Å². The van der Waals surface area contributed by atoms with E-state index in [4.69, 9.17) is 9.16 Å². The van der Waals surface area contributed by atoms with E-state index >= 15 is 0 Å². The Labute approximate surface area is 128 Å². The van der Waals surface area contributed by atoms with Gasteiger partial charge in [0.05, 0.1) is 12.3 Å². The molecular formula is C15H28N2O3Si. The molecule has 5 nitrogen and oxygen atoms in total. The van der Waals surface area contributed by atoms with Gasteiger partial charge in [0.15, 0.2) is 19.9 Å². The molecule has 0 fully saturated rings. The lowest BCUT2D eigenvalue weighted by Gasteiger charge is -2.27. The number of Topliss-reactive ketones (excluding diaryl/α,β-unsaturated/α-hetero) is 1. The minimum absolute atomic E-state index is 0.0501. The molecule has 0 saturated carbocycles. The lowest BCUT2D eigenvalue weighted by Crippen LogP contribution is -2.35. The number of rotatable bonds is 10. The number of imidazole rings is 1. The fourth-order valence-electron chi connectivity index (χ4n) is 2.39. The van der Waals surface area contributed by atoms with Crippen LogP contribution < -0.4 is 0 Å². The highest BCUT2D eigenvalue weighted by Gasteiger charge is 2.29. The summed E-state index contributed by atoms with van der Waals surface area (Å²) < 4.78 is 13.4. The van der Waals surface area contributed by atoms with Crippen LogP contribution in [-0.4, -0.2) is 30.3 Å². The Morgan fingerprint density at radius 3 is 2.33 bits per heavy atom. The van der Waals surface area contributed by atoms with E-state index in [1.54, 1.807) is 4.57 Å². The van der Waals surface area contributed by atoms with Crippen LogP contribution >= 0.6 is 0 Å². The average Bonchev–Trinajstić information content (AvgIpc) is 2.90. The summed E-state index contributed by atoms with van der Waals surface area (Å²) in [4.78, 5) is 16.0. The van der Waals surface area contributed by atoms with E-state index in [9.17, 15) is 4.79 Å². The highest BCUT2D eigenvalue weighted by molar-refractivity contribution is 6.73. The molecule has 6 heteroatoms. The highest BCUT2D eigenvalue weighted by atomic mass is 28.4. The number of ketones is 1. The van der Waals surface area contributed by atoms with Gasteiger partial charge in [0.2, 0.25) is 0 Å². The molecule has 0 spiro atoms. The summed E-state index contributed by atoms with van der Waals surface area (Å²) in [5.74, 6) is 0.393. The third-order valence-electron chi connectivity index (χ3n) is 4.04. The molecule has 1 rings (SSSR count). The Morgan fingerprint density at radius 2 is 1.86 bits per heavy atom. The Bertz CT molecular complexity index is 448. The molecule has 0 aliphatic carbocycles. The summed E-state index contributed by atoms with van der Waals surface area (Å²) in [5, 5.41) is 0. The van der Waals surface area contributed by atoms with Gasteiger partial charge in [-0.25, -0.2) is 4.98 Å². The Morgan fingerprint density at radius 1 is 1.24 bits per heavy atom. The van der Waals surface area contributed by atoms with Gasteiger partial charge in [-0.1, -0.05) is 20.8 Å². The molecule has 21 heavy (non-hydrogen) atoms. The second-order valence-corrected chi connectivity index (χ2v) is 10.0. The van der Waals surface area contributed by atoms with Crippen LogP contribution in [0.15, 0.2) is 6.20 Å². The second-order valence-electron chi connectivity index (χ2n) is 5.24. The van der Waals surface area contributed by atoms with Crippen LogP contribution in [0.3, 0.4) is 0 Å². The van der Waals surface area contributed by atoms with Crippen LogP contribution in [0.25, 0.3) is 0 Å². The second kappa shape index (κ2) is 8.46. The summed E-state index contributed by atoms with van der Waals surface area (Å²) in [7, 11) is -1.63. The van der Waals surface area contributed by atoms with Crippen LogP contribution in [0.5, 0.6) is 0 Å². The lowest BCUT2D eigenvalue weighted by atomic mass is 10.4. The molecule has 0 atom stereocenters. The van der Waals surface area contributed by atoms with Crippen LogP contribution in [0.4, 0.5) is 0 Å². The lowest BCUT2D eigenvalue weighted by molar-refractivity contribution is 0.0810. The largest absolute Gasteiger partial charge is 0.411 e. The number of hydrogen-bond donors (Lipinski definition) is 0. The van der Waals surface area contributed by atoms with Gasteiger partial charge < -0.3 is 13.7 Å². The molecule has 0 radical (unpaired) electrons. The van der Waals surface area contributed by atoms with E-state index in [2.05, 4.69) is 25.8 Å². The summed E-state index contributed by atoms with van der Waals surface area (Å²) in [6.07, 6.45) is 1.87. The fourth-order valence-corrected chi connectivity index (χ4v) is 4.96. The standard InChI is InChI=1S/C15H28N2O3Si/c1-6-19-12-17-10-14(16-15(17)13(5)18)11-20-21(7-2,8-3)9-4/h10H,6-9,11-12H2,1-5H3. The van der Waals surface area contributed by atoms with Gasteiger partial charge in [-0.3, -0.25) is 4.79 Å². The summed E-state index contributed by atoms with van der Waals surface area (Å²) in [6, 6.07) is 3.33. The van der Waals surface area contributed by atoms with Crippen molar-refractivity contribution in [2.45, 2.75) is 66.1 Å². The van der Waals surface area contributed by atoms with Gasteiger partial charge in [0, 0.05) is 19.7 Å². The molecule has 1 aromatic heterocycles. The number of ether oxygens (including phenoxy) is 1. The van der Waals surface area contributed by atoms with Crippen molar-refractivity contribution in [3.05, 3.63) is 17.7 Å². The van der Waals surface area contributed by atoms with Crippen LogP contribution in [0.2, 0.25) is 18.1 Å². The number of nitrogens with zero attached hydrogens (tertiary/aromatic N) is 2. The number of carbonyl (C=O) groups is 1. The van der Waals surface area contributed by atoms with E-state index < -0.39 is 8.32 Å². The molecule has 1 heterocycles. The zero-order chi connectivity index (χ0) is 15.9. The van der Waals surface area contributed by atoms with Gasteiger partial charge >= 0.3 is 0 Å². The smallest absolute Gasteiger partial charge is 0.195 e. The normalized spacial score (nSPS) is 11.9. The molecule has 0 saturated heterocycles. The zero-order valence-corrected chi connectivity index (χ0v) is 14.9. The SMILES string of the molecule is CCOCn1cc(CO[Si](CC)(CC)CC)nc1C(C)=O. The summed E-state index contributed by atoms with van der Waals surface area (Å²) in [6.45, 7) is 11.5. The molecule has 0 bridgehead atoms.